The van der Waals surface area contributed by atoms with E-state index in [1.165, 1.54) is 4.90 Å². The Morgan fingerprint density at radius 1 is 1.28 bits per heavy atom. The summed E-state index contributed by atoms with van der Waals surface area (Å²) in [5.41, 5.74) is 0.947. The molecule has 0 amide bonds. The normalized spacial score (nSPS) is 23.9. The third-order valence-corrected chi connectivity index (χ3v) is 4.22. The fourth-order valence-electron chi connectivity index (χ4n) is 2.39. The number of nitrogens with one attached hydrogen (secondary N) is 1. The molecule has 2 rings (SSSR count). The Balaban J connectivity index is 1.98. The van der Waals surface area contributed by atoms with Crippen LogP contribution in [0.15, 0.2) is 18.2 Å². The lowest BCUT2D eigenvalue weighted by Crippen LogP contribution is -3.11. The molecule has 1 aliphatic rings. The van der Waals surface area contributed by atoms with Gasteiger partial charge in [0.05, 0.1) is 23.1 Å². The van der Waals surface area contributed by atoms with Gasteiger partial charge in [-0.3, -0.25) is 0 Å². The standard InChI is InChI=1S/C13H15Cl2NO2/c14-11-2-1-3-12(15)10(11)8-16-6-4-9(5-7-16)13(17)18/h1-3,9H,4-8H2,(H,17,18). The molecule has 0 radical (unpaired) electrons. The van der Waals surface area contributed by atoms with Gasteiger partial charge in [-0.2, -0.15) is 0 Å². The maximum Gasteiger partial charge on any atom is 0.106 e. The zero-order valence-corrected chi connectivity index (χ0v) is 11.4. The number of carboxylic acid groups (broad SMARTS) is 1. The highest BCUT2D eigenvalue weighted by Gasteiger charge is 2.24. The lowest BCUT2D eigenvalue weighted by molar-refractivity contribution is -0.919. The molecule has 0 spiro atoms. The maximum atomic E-state index is 10.8. The van der Waals surface area contributed by atoms with E-state index in [1.807, 2.05) is 18.2 Å². The molecule has 0 atom stereocenters. The van der Waals surface area contributed by atoms with Crippen LogP contribution in [0.1, 0.15) is 18.4 Å². The SMILES string of the molecule is O=C([O-])C1CC[NH+](Cc2c(Cl)cccc2Cl)CC1. The first-order chi connectivity index (χ1) is 8.58. The lowest BCUT2D eigenvalue weighted by Gasteiger charge is -2.30. The second-order valence-electron chi connectivity index (χ2n) is 4.72. The molecule has 0 aromatic heterocycles. The van der Waals surface area contributed by atoms with Crippen LogP contribution in [0.25, 0.3) is 0 Å². The quantitative estimate of drug-likeness (QED) is 0.882. The largest absolute Gasteiger partial charge is 0.550 e. The summed E-state index contributed by atoms with van der Waals surface area (Å²) >= 11 is 12.3. The molecular formula is C13H15Cl2NO2. The van der Waals surface area contributed by atoms with Gasteiger partial charge >= 0.3 is 0 Å². The summed E-state index contributed by atoms with van der Waals surface area (Å²) in [6, 6.07) is 5.48. The Morgan fingerprint density at radius 2 is 1.83 bits per heavy atom. The second kappa shape index (κ2) is 5.91. The van der Waals surface area contributed by atoms with E-state index in [4.69, 9.17) is 23.2 Å². The van der Waals surface area contributed by atoms with Crippen LogP contribution >= 0.6 is 23.2 Å². The van der Waals surface area contributed by atoms with Crippen LogP contribution in [0.4, 0.5) is 0 Å². The molecule has 1 heterocycles. The molecule has 1 aromatic rings. The molecule has 0 saturated carbocycles. The lowest BCUT2D eigenvalue weighted by atomic mass is 9.97. The van der Waals surface area contributed by atoms with Gasteiger partial charge in [0.15, 0.2) is 0 Å². The molecule has 1 aromatic carbocycles. The van der Waals surface area contributed by atoms with Gasteiger partial charge in [0.25, 0.3) is 0 Å². The number of hydrogen-bond acceptors (Lipinski definition) is 2. The summed E-state index contributed by atoms with van der Waals surface area (Å²) in [6.07, 6.45) is 1.33. The Hall–Kier alpha value is -0.770. The van der Waals surface area contributed by atoms with Crippen molar-refractivity contribution in [1.29, 1.82) is 0 Å². The highest BCUT2D eigenvalue weighted by Crippen LogP contribution is 2.23. The molecule has 0 bridgehead atoms. The van der Waals surface area contributed by atoms with Crippen molar-refractivity contribution in [2.75, 3.05) is 13.1 Å². The van der Waals surface area contributed by atoms with Crippen LogP contribution in [0.3, 0.4) is 0 Å². The van der Waals surface area contributed by atoms with E-state index in [0.29, 0.717) is 22.9 Å². The van der Waals surface area contributed by atoms with Gasteiger partial charge < -0.3 is 14.8 Å². The minimum absolute atomic E-state index is 0.296. The van der Waals surface area contributed by atoms with Gasteiger partial charge in [-0.1, -0.05) is 29.3 Å². The molecule has 0 unspecified atom stereocenters. The van der Waals surface area contributed by atoms with E-state index >= 15 is 0 Å². The monoisotopic (exact) mass is 287 g/mol. The molecule has 1 N–H and O–H groups in total. The fraction of sp³-hybridized carbons (Fsp3) is 0.462. The first-order valence-electron chi connectivity index (χ1n) is 6.05. The van der Waals surface area contributed by atoms with Gasteiger partial charge in [0, 0.05) is 30.3 Å². The molecular weight excluding hydrogens is 273 g/mol. The summed E-state index contributed by atoms with van der Waals surface area (Å²) in [6.45, 7) is 2.39. The van der Waals surface area contributed by atoms with Crippen molar-refractivity contribution in [3.8, 4) is 0 Å². The number of likely N-dealkylation sites (tertiary alicyclic amines) is 1. The van der Waals surface area contributed by atoms with Gasteiger partial charge in [-0.15, -0.1) is 0 Å². The Kier molecular flexibility index (Phi) is 4.49. The van der Waals surface area contributed by atoms with E-state index in [9.17, 15) is 9.90 Å². The van der Waals surface area contributed by atoms with Crippen LogP contribution in [-0.2, 0) is 11.3 Å². The Morgan fingerprint density at radius 3 is 2.33 bits per heavy atom. The average Bonchev–Trinajstić information content (AvgIpc) is 2.34. The first-order valence-corrected chi connectivity index (χ1v) is 6.81. The third-order valence-electron chi connectivity index (χ3n) is 3.51. The topological polar surface area (TPSA) is 44.6 Å². The number of carbonyl (C=O) groups is 1. The number of hydrogen-bond donors (Lipinski definition) is 1. The van der Waals surface area contributed by atoms with Crippen molar-refractivity contribution in [1.82, 2.24) is 0 Å². The van der Waals surface area contributed by atoms with E-state index < -0.39 is 5.97 Å². The number of halogens is 2. The number of quaternary nitrogens is 1. The van der Waals surface area contributed by atoms with Crippen LogP contribution in [0.5, 0.6) is 0 Å². The summed E-state index contributed by atoms with van der Waals surface area (Å²) in [7, 11) is 0. The number of piperidine rings is 1. The van der Waals surface area contributed by atoms with Crippen LogP contribution < -0.4 is 10.0 Å². The highest BCUT2D eigenvalue weighted by molar-refractivity contribution is 6.35. The number of rotatable bonds is 3. The molecule has 5 heteroatoms. The Bertz CT molecular complexity index is 422. The summed E-state index contributed by atoms with van der Waals surface area (Å²) in [5, 5.41) is 12.1. The van der Waals surface area contributed by atoms with Crippen LogP contribution in [-0.4, -0.2) is 19.1 Å². The molecule has 1 saturated heterocycles. The minimum atomic E-state index is -0.926. The molecule has 1 fully saturated rings. The number of aliphatic carboxylic acids is 1. The van der Waals surface area contributed by atoms with E-state index in [2.05, 4.69) is 0 Å². The van der Waals surface area contributed by atoms with Crippen molar-refractivity contribution in [3.05, 3.63) is 33.8 Å². The predicted octanol–water partition coefficient (Wildman–Crippen LogP) is 0.538. The molecule has 18 heavy (non-hydrogen) atoms. The van der Waals surface area contributed by atoms with Gasteiger partial charge in [0.2, 0.25) is 0 Å². The molecule has 98 valence electrons. The van der Waals surface area contributed by atoms with Crippen molar-refractivity contribution >= 4 is 29.2 Å². The maximum absolute atomic E-state index is 10.8. The van der Waals surface area contributed by atoms with Crippen LogP contribution in [0, 0.1) is 5.92 Å². The highest BCUT2D eigenvalue weighted by atomic mass is 35.5. The Labute approximate surface area is 116 Å². The van der Waals surface area contributed by atoms with Gasteiger partial charge in [0.1, 0.15) is 6.54 Å². The van der Waals surface area contributed by atoms with Crippen molar-refractivity contribution < 1.29 is 14.8 Å². The molecule has 0 aliphatic carbocycles. The fourth-order valence-corrected chi connectivity index (χ4v) is 2.92. The summed E-state index contributed by atoms with van der Waals surface area (Å²) in [4.78, 5) is 12.1. The summed E-state index contributed by atoms with van der Waals surface area (Å²) < 4.78 is 0. The van der Waals surface area contributed by atoms with Crippen molar-refractivity contribution in [2.24, 2.45) is 5.92 Å². The zero-order valence-electron chi connectivity index (χ0n) is 9.92. The minimum Gasteiger partial charge on any atom is -0.550 e. The first kappa shape index (κ1) is 13.7. The van der Waals surface area contributed by atoms with Gasteiger partial charge in [-0.25, -0.2) is 0 Å². The zero-order chi connectivity index (χ0) is 13.1. The number of benzene rings is 1. The second-order valence-corrected chi connectivity index (χ2v) is 5.53. The predicted molar refractivity (Wildman–Crippen MR) is 68.6 cm³/mol. The number of carboxylic acids is 1. The van der Waals surface area contributed by atoms with E-state index in [0.717, 1.165) is 25.2 Å². The van der Waals surface area contributed by atoms with Gasteiger partial charge in [-0.05, 0) is 12.1 Å². The van der Waals surface area contributed by atoms with E-state index in [-0.39, 0.29) is 5.92 Å². The smallest absolute Gasteiger partial charge is 0.106 e. The third kappa shape index (κ3) is 3.16. The van der Waals surface area contributed by atoms with Crippen LogP contribution in [0.2, 0.25) is 10.0 Å². The van der Waals surface area contributed by atoms with Crippen molar-refractivity contribution in [3.63, 3.8) is 0 Å². The summed E-state index contributed by atoms with van der Waals surface area (Å²) in [5.74, 6) is -1.22. The molecule has 3 nitrogen and oxygen atoms in total. The number of carbonyl (C=O) groups excluding carboxylic acids is 1. The van der Waals surface area contributed by atoms with Crippen molar-refractivity contribution in [2.45, 2.75) is 19.4 Å². The molecule has 1 aliphatic heterocycles. The average molecular weight is 288 g/mol. The van der Waals surface area contributed by atoms with E-state index in [1.54, 1.807) is 0 Å².